The second-order valence-electron chi connectivity index (χ2n) is 3.44. The standard InChI is InChI=1S/C12H9Br2ClS/c13-9-3-1-8(2-4-9)7-10(15)11-5-6-12(14)16-11/h1-6,10H,7H2. The van der Waals surface area contributed by atoms with Crippen LogP contribution in [-0.2, 0) is 6.42 Å². The summed E-state index contributed by atoms with van der Waals surface area (Å²) in [5.41, 5.74) is 1.26. The minimum Gasteiger partial charge on any atom is -0.132 e. The molecule has 1 atom stereocenters. The van der Waals surface area contributed by atoms with Gasteiger partial charge in [-0.25, -0.2) is 0 Å². The maximum Gasteiger partial charge on any atom is 0.0719 e. The molecule has 0 aliphatic rings. The quantitative estimate of drug-likeness (QED) is 0.591. The first-order valence-corrected chi connectivity index (χ1v) is 7.63. The summed E-state index contributed by atoms with van der Waals surface area (Å²) in [6, 6.07) is 12.4. The van der Waals surface area contributed by atoms with Crippen molar-refractivity contribution in [3.63, 3.8) is 0 Å². The molecule has 0 aliphatic heterocycles. The van der Waals surface area contributed by atoms with E-state index in [0.29, 0.717) is 0 Å². The SMILES string of the molecule is ClC(Cc1ccc(Br)cc1)c1ccc(Br)s1. The van der Waals surface area contributed by atoms with Crippen molar-refractivity contribution in [2.75, 3.05) is 0 Å². The van der Waals surface area contributed by atoms with Crippen molar-refractivity contribution in [1.82, 2.24) is 0 Å². The monoisotopic (exact) mass is 378 g/mol. The zero-order valence-electron chi connectivity index (χ0n) is 8.29. The van der Waals surface area contributed by atoms with Gasteiger partial charge in [0.2, 0.25) is 0 Å². The summed E-state index contributed by atoms with van der Waals surface area (Å²) in [6.07, 6.45) is 0.863. The molecule has 16 heavy (non-hydrogen) atoms. The predicted octanol–water partition coefficient (Wildman–Crippen LogP) is 5.80. The Morgan fingerprint density at radius 3 is 2.31 bits per heavy atom. The fraction of sp³-hybridized carbons (Fsp3) is 0.167. The van der Waals surface area contributed by atoms with Crippen LogP contribution >= 0.6 is 54.8 Å². The van der Waals surface area contributed by atoms with E-state index in [4.69, 9.17) is 11.6 Å². The Morgan fingerprint density at radius 1 is 1.06 bits per heavy atom. The number of thiophene rings is 1. The zero-order valence-corrected chi connectivity index (χ0v) is 13.0. The molecule has 0 saturated carbocycles. The molecule has 1 aromatic carbocycles. The van der Waals surface area contributed by atoms with Crippen molar-refractivity contribution in [3.8, 4) is 0 Å². The predicted molar refractivity (Wildman–Crippen MR) is 78.5 cm³/mol. The van der Waals surface area contributed by atoms with Crippen molar-refractivity contribution in [2.45, 2.75) is 11.8 Å². The molecular formula is C12H9Br2ClS. The van der Waals surface area contributed by atoms with Crippen molar-refractivity contribution in [1.29, 1.82) is 0 Å². The smallest absolute Gasteiger partial charge is 0.0719 e. The number of benzene rings is 1. The Bertz CT molecular complexity index is 464. The third kappa shape index (κ3) is 3.33. The van der Waals surface area contributed by atoms with Crippen molar-refractivity contribution in [2.24, 2.45) is 0 Å². The molecule has 0 spiro atoms. The van der Waals surface area contributed by atoms with E-state index >= 15 is 0 Å². The average Bonchev–Trinajstić information content (AvgIpc) is 2.68. The maximum absolute atomic E-state index is 6.37. The Kier molecular flexibility index (Phi) is 4.48. The van der Waals surface area contributed by atoms with Gasteiger partial charge in [0, 0.05) is 9.35 Å². The number of alkyl halides is 1. The van der Waals surface area contributed by atoms with E-state index in [0.717, 1.165) is 14.7 Å². The Morgan fingerprint density at radius 2 is 1.75 bits per heavy atom. The van der Waals surface area contributed by atoms with Gasteiger partial charge in [0.1, 0.15) is 0 Å². The van der Waals surface area contributed by atoms with Gasteiger partial charge in [-0.3, -0.25) is 0 Å². The number of hydrogen-bond acceptors (Lipinski definition) is 1. The van der Waals surface area contributed by atoms with Crippen LogP contribution in [0.15, 0.2) is 44.7 Å². The lowest BCUT2D eigenvalue weighted by Crippen LogP contribution is -1.92. The third-order valence-corrected chi connectivity index (χ3v) is 5.02. The highest BCUT2D eigenvalue weighted by molar-refractivity contribution is 9.11. The van der Waals surface area contributed by atoms with Crippen LogP contribution in [0.25, 0.3) is 0 Å². The Balaban J connectivity index is 2.07. The fourth-order valence-corrected chi connectivity index (χ4v) is 3.47. The van der Waals surface area contributed by atoms with Crippen LogP contribution in [0.1, 0.15) is 15.8 Å². The van der Waals surface area contributed by atoms with E-state index in [1.165, 1.54) is 10.4 Å². The molecule has 2 aromatic rings. The molecule has 1 unspecified atom stereocenters. The van der Waals surface area contributed by atoms with Crippen LogP contribution in [0.2, 0.25) is 0 Å². The molecule has 4 heteroatoms. The number of hydrogen-bond donors (Lipinski definition) is 0. The molecule has 1 aromatic heterocycles. The summed E-state index contributed by atoms with van der Waals surface area (Å²) in [5, 5.41) is 0.0532. The summed E-state index contributed by atoms with van der Waals surface area (Å²) in [7, 11) is 0. The summed E-state index contributed by atoms with van der Waals surface area (Å²) in [5.74, 6) is 0. The average molecular weight is 381 g/mol. The van der Waals surface area contributed by atoms with Crippen LogP contribution < -0.4 is 0 Å². The Hall–Kier alpha value is 0.170. The van der Waals surface area contributed by atoms with E-state index in [1.807, 2.05) is 18.2 Å². The van der Waals surface area contributed by atoms with Gasteiger partial charge in [0.25, 0.3) is 0 Å². The van der Waals surface area contributed by atoms with Gasteiger partial charge in [0.05, 0.1) is 9.16 Å². The highest BCUT2D eigenvalue weighted by Gasteiger charge is 2.11. The molecule has 84 valence electrons. The fourth-order valence-electron chi connectivity index (χ4n) is 1.42. The molecule has 0 N–H and O–H groups in total. The topological polar surface area (TPSA) is 0 Å². The highest BCUT2D eigenvalue weighted by atomic mass is 79.9. The lowest BCUT2D eigenvalue weighted by molar-refractivity contribution is 0.939. The van der Waals surface area contributed by atoms with E-state index in [1.54, 1.807) is 11.3 Å². The molecule has 0 nitrogen and oxygen atoms in total. The maximum atomic E-state index is 6.37. The highest BCUT2D eigenvalue weighted by Crippen LogP contribution is 2.33. The largest absolute Gasteiger partial charge is 0.132 e. The first-order chi connectivity index (χ1) is 7.65. The van der Waals surface area contributed by atoms with Gasteiger partial charge < -0.3 is 0 Å². The molecular weight excluding hydrogens is 371 g/mol. The molecule has 0 amide bonds. The first kappa shape index (κ1) is 12.6. The minimum absolute atomic E-state index is 0.0532. The zero-order chi connectivity index (χ0) is 11.5. The van der Waals surface area contributed by atoms with Gasteiger partial charge in [0.15, 0.2) is 0 Å². The third-order valence-electron chi connectivity index (χ3n) is 2.23. The minimum atomic E-state index is 0.0532. The second-order valence-corrected chi connectivity index (χ2v) is 7.38. The lowest BCUT2D eigenvalue weighted by Gasteiger charge is -2.07. The van der Waals surface area contributed by atoms with Gasteiger partial charge in [-0.1, -0.05) is 28.1 Å². The molecule has 1 heterocycles. The van der Waals surface area contributed by atoms with Crippen LogP contribution in [-0.4, -0.2) is 0 Å². The molecule has 0 fully saturated rings. The molecule has 0 aliphatic carbocycles. The van der Waals surface area contributed by atoms with E-state index in [2.05, 4.69) is 50.1 Å². The van der Waals surface area contributed by atoms with Crippen molar-refractivity contribution in [3.05, 3.63) is 55.1 Å². The van der Waals surface area contributed by atoms with E-state index in [9.17, 15) is 0 Å². The summed E-state index contributed by atoms with van der Waals surface area (Å²) in [4.78, 5) is 1.21. The van der Waals surface area contributed by atoms with Gasteiger partial charge in [-0.05, 0) is 52.2 Å². The van der Waals surface area contributed by atoms with Gasteiger partial charge in [-0.15, -0.1) is 22.9 Å². The summed E-state index contributed by atoms with van der Waals surface area (Å²) in [6.45, 7) is 0. The normalized spacial score (nSPS) is 12.7. The van der Waals surface area contributed by atoms with Crippen molar-refractivity contribution >= 4 is 54.8 Å². The molecule has 0 radical (unpaired) electrons. The molecule has 0 saturated heterocycles. The lowest BCUT2D eigenvalue weighted by atomic mass is 10.1. The van der Waals surface area contributed by atoms with Crippen LogP contribution in [0, 0.1) is 0 Å². The van der Waals surface area contributed by atoms with Crippen LogP contribution in [0.5, 0.6) is 0 Å². The van der Waals surface area contributed by atoms with Gasteiger partial charge in [-0.2, -0.15) is 0 Å². The molecule has 2 rings (SSSR count). The van der Waals surface area contributed by atoms with Crippen LogP contribution in [0.4, 0.5) is 0 Å². The van der Waals surface area contributed by atoms with Gasteiger partial charge >= 0.3 is 0 Å². The van der Waals surface area contributed by atoms with E-state index in [-0.39, 0.29) is 5.38 Å². The molecule has 0 bridgehead atoms. The second kappa shape index (κ2) is 5.67. The summed E-state index contributed by atoms with van der Waals surface area (Å²) < 4.78 is 2.23. The first-order valence-electron chi connectivity index (χ1n) is 4.79. The summed E-state index contributed by atoms with van der Waals surface area (Å²) >= 11 is 14.9. The van der Waals surface area contributed by atoms with Crippen molar-refractivity contribution < 1.29 is 0 Å². The number of halogens is 3. The van der Waals surface area contributed by atoms with Crippen LogP contribution in [0.3, 0.4) is 0 Å². The number of rotatable bonds is 3. The van der Waals surface area contributed by atoms with E-state index < -0.39 is 0 Å². The Labute approximate surface area is 121 Å².